The highest BCUT2D eigenvalue weighted by atomic mass is 32.2. The van der Waals surface area contributed by atoms with E-state index in [1.165, 1.54) is 4.31 Å². The molecular weight excluding hydrogens is 212 g/mol. The van der Waals surface area contributed by atoms with Crippen LogP contribution in [0.3, 0.4) is 0 Å². The topological polar surface area (TPSA) is 49.4 Å². The number of sulfonamides is 1. The molecule has 1 aliphatic heterocycles. The Hall–Kier alpha value is -0.130. The van der Waals surface area contributed by atoms with Gasteiger partial charge in [0, 0.05) is 19.1 Å². The normalized spacial score (nSPS) is 24.7. The molecule has 1 aliphatic rings. The fourth-order valence-electron chi connectivity index (χ4n) is 1.80. The van der Waals surface area contributed by atoms with Crippen molar-refractivity contribution >= 4 is 10.0 Å². The Morgan fingerprint density at radius 3 is 2.67 bits per heavy atom. The summed E-state index contributed by atoms with van der Waals surface area (Å²) in [5, 5.41) is 3.22. The van der Waals surface area contributed by atoms with Gasteiger partial charge < -0.3 is 5.32 Å². The molecule has 1 rings (SSSR count). The molecule has 0 spiro atoms. The van der Waals surface area contributed by atoms with Gasteiger partial charge in [0.25, 0.3) is 0 Å². The highest BCUT2D eigenvalue weighted by molar-refractivity contribution is 7.89. The monoisotopic (exact) mass is 234 g/mol. The van der Waals surface area contributed by atoms with Crippen molar-refractivity contribution in [2.45, 2.75) is 45.2 Å². The smallest absolute Gasteiger partial charge is 0.215 e. The summed E-state index contributed by atoms with van der Waals surface area (Å²) in [4.78, 5) is 0. The first kappa shape index (κ1) is 12.9. The van der Waals surface area contributed by atoms with Crippen molar-refractivity contribution < 1.29 is 8.42 Å². The molecule has 1 heterocycles. The molecule has 0 amide bonds. The predicted molar refractivity (Wildman–Crippen MR) is 62.3 cm³/mol. The zero-order valence-corrected chi connectivity index (χ0v) is 10.7. The molecule has 1 saturated heterocycles. The molecule has 1 N–H and O–H groups in total. The molecule has 1 fully saturated rings. The first-order valence-electron chi connectivity index (χ1n) is 5.66. The van der Waals surface area contributed by atoms with Crippen molar-refractivity contribution in [3.8, 4) is 0 Å². The van der Waals surface area contributed by atoms with Crippen LogP contribution in [0.4, 0.5) is 0 Å². The second-order valence-electron chi connectivity index (χ2n) is 4.35. The van der Waals surface area contributed by atoms with E-state index in [0.29, 0.717) is 0 Å². The Morgan fingerprint density at radius 2 is 2.20 bits per heavy atom. The second-order valence-corrected chi connectivity index (χ2v) is 6.42. The van der Waals surface area contributed by atoms with Gasteiger partial charge in [-0.1, -0.05) is 6.92 Å². The van der Waals surface area contributed by atoms with E-state index in [2.05, 4.69) is 5.32 Å². The summed E-state index contributed by atoms with van der Waals surface area (Å²) in [6.07, 6.45) is 2.93. The molecular formula is C10H22N2O2S. The van der Waals surface area contributed by atoms with E-state index < -0.39 is 10.0 Å². The fraction of sp³-hybridized carbons (Fsp3) is 1.00. The van der Waals surface area contributed by atoms with Gasteiger partial charge in [-0.25, -0.2) is 12.7 Å². The lowest BCUT2D eigenvalue weighted by molar-refractivity contribution is 0.378. The van der Waals surface area contributed by atoms with Crippen molar-refractivity contribution in [3.05, 3.63) is 0 Å². The molecule has 0 bridgehead atoms. The van der Waals surface area contributed by atoms with Crippen LogP contribution in [-0.4, -0.2) is 44.2 Å². The molecule has 0 radical (unpaired) electrons. The average molecular weight is 234 g/mol. The van der Waals surface area contributed by atoms with E-state index in [1.807, 2.05) is 13.8 Å². The number of hydrogen-bond acceptors (Lipinski definition) is 3. The number of nitrogens with one attached hydrogen (secondary N) is 1. The third-order valence-corrected chi connectivity index (χ3v) is 5.29. The van der Waals surface area contributed by atoms with Crippen LogP contribution in [0.15, 0.2) is 0 Å². The van der Waals surface area contributed by atoms with E-state index in [-0.39, 0.29) is 17.8 Å². The zero-order valence-electron chi connectivity index (χ0n) is 9.86. The molecule has 0 aliphatic carbocycles. The Kier molecular flexibility index (Phi) is 4.55. The lowest BCUT2D eigenvalue weighted by Gasteiger charge is -2.24. The molecule has 90 valence electrons. The van der Waals surface area contributed by atoms with Crippen LogP contribution in [0, 0.1) is 0 Å². The quantitative estimate of drug-likeness (QED) is 0.765. The summed E-state index contributed by atoms with van der Waals surface area (Å²) in [7, 11) is -1.41. The van der Waals surface area contributed by atoms with E-state index >= 15 is 0 Å². The maximum atomic E-state index is 12.0. The Morgan fingerprint density at radius 1 is 1.53 bits per heavy atom. The van der Waals surface area contributed by atoms with E-state index in [4.69, 9.17) is 0 Å². The van der Waals surface area contributed by atoms with Gasteiger partial charge in [-0.3, -0.25) is 0 Å². The summed E-state index contributed by atoms with van der Waals surface area (Å²) >= 11 is 0. The second kappa shape index (κ2) is 5.27. The molecule has 2 unspecified atom stereocenters. The van der Waals surface area contributed by atoms with Crippen molar-refractivity contribution in [3.63, 3.8) is 0 Å². The summed E-state index contributed by atoms with van der Waals surface area (Å²) in [5.74, 6) is 0.244. The first-order valence-corrected chi connectivity index (χ1v) is 7.27. The highest BCUT2D eigenvalue weighted by Crippen LogP contribution is 2.13. The van der Waals surface area contributed by atoms with Crippen LogP contribution in [0.25, 0.3) is 0 Å². The fourth-order valence-corrected chi connectivity index (χ4v) is 3.53. The maximum Gasteiger partial charge on any atom is 0.215 e. The van der Waals surface area contributed by atoms with Crippen LogP contribution in [-0.2, 0) is 10.0 Å². The first-order chi connectivity index (χ1) is 6.97. The van der Waals surface area contributed by atoms with Crippen LogP contribution in [0.2, 0.25) is 0 Å². The van der Waals surface area contributed by atoms with Gasteiger partial charge in [-0.05, 0) is 32.7 Å². The van der Waals surface area contributed by atoms with Crippen molar-refractivity contribution in [1.82, 2.24) is 9.62 Å². The standard InChI is InChI=1S/C10H22N2O2S/c1-4-9(2)12(3)15(13,14)8-10-6-5-7-11-10/h9-11H,4-8H2,1-3H3. The molecule has 4 nitrogen and oxygen atoms in total. The average Bonchev–Trinajstić information content (AvgIpc) is 2.67. The molecule has 0 aromatic rings. The summed E-state index contributed by atoms with van der Waals surface area (Å²) in [6.45, 7) is 4.90. The van der Waals surface area contributed by atoms with Crippen molar-refractivity contribution in [2.75, 3.05) is 19.3 Å². The molecule has 5 heteroatoms. The molecule has 0 aromatic heterocycles. The highest BCUT2D eigenvalue weighted by Gasteiger charge is 2.27. The lowest BCUT2D eigenvalue weighted by atomic mass is 10.3. The minimum atomic E-state index is -3.08. The number of hydrogen-bond donors (Lipinski definition) is 1. The maximum absolute atomic E-state index is 12.0. The van der Waals surface area contributed by atoms with Crippen molar-refractivity contribution in [1.29, 1.82) is 0 Å². The SMILES string of the molecule is CCC(C)N(C)S(=O)(=O)CC1CCCN1. The molecule has 2 atom stereocenters. The summed E-state index contributed by atoms with van der Waals surface area (Å²) in [6, 6.07) is 0.248. The predicted octanol–water partition coefficient (Wildman–Crippen LogP) is 0.798. The Labute approximate surface area is 93.1 Å². The lowest BCUT2D eigenvalue weighted by Crippen LogP contribution is -2.41. The van der Waals surface area contributed by atoms with Gasteiger partial charge in [-0.15, -0.1) is 0 Å². The van der Waals surface area contributed by atoms with Gasteiger partial charge in [0.1, 0.15) is 0 Å². The number of nitrogens with zero attached hydrogens (tertiary/aromatic N) is 1. The van der Waals surface area contributed by atoms with Gasteiger partial charge >= 0.3 is 0 Å². The van der Waals surface area contributed by atoms with Gasteiger partial charge in [0.15, 0.2) is 0 Å². The minimum absolute atomic E-state index is 0.0939. The third kappa shape index (κ3) is 3.43. The summed E-state index contributed by atoms with van der Waals surface area (Å²) < 4.78 is 25.5. The molecule has 0 aromatic carbocycles. The number of rotatable bonds is 5. The molecule has 15 heavy (non-hydrogen) atoms. The van der Waals surface area contributed by atoms with Crippen LogP contribution in [0.1, 0.15) is 33.1 Å². The van der Waals surface area contributed by atoms with Gasteiger partial charge in [0.05, 0.1) is 5.75 Å². The van der Waals surface area contributed by atoms with Gasteiger partial charge in [-0.2, -0.15) is 0 Å². The Balaban J connectivity index is 2.57. The Bertz CT molecular complexity index is 284. The largest absolute Gasteiger partial charge is 0.313 e. The summed E-state index contributed by atoms with van der Waals surface area (Å²) in [5.41, 5.74) is 0. The zero-order chi connectivity index (χ0) is 11.5. The third-order valence-electron chi connectivity index (χ3n) is 3.22. The van der Waals surface area contributed by atoms with E-state index in [0.717, 1.165) is 25.8 Å². The van der Waals surface area contributed by atoms with Crippen LogP contribution < -0.4 is 5.32 Å². The van der Waals surface area contributed by atoms with E-state index in [1.54, 1.807) is 7.05 Å². The van der Waals surface area contributed by atoms with Crippen LogP contribution in [0.5, 0.6) is 0 Å². The minimum Gasteiger partial charge on any atom is -0.313 e. The van der Waals surface area contributed by atoms with Crippen LogP contribution >= 0.6 is 0 Å². The molecule has 0 saturated carbocycles. The van der Waals surface area contributed by atoms with E-state index in [9.17, 15) is 8.42 Å². The van der Waals surface area contributed by atoms with Gasteiger partial charge in [0.2, 0.25) is 10.0 Å². The van der Waals surface area contributed by atoms with Crippen molar-refractivity contribution in [2.24, 2.45) is 0 Å².